The van der Waals surface area contributed by atoms with Crippen molar-refractivity contribution in [3.63, 3.8) is 0 Å². The van der Waals surface area contributed by atoms with E-state index in [2.05, 4.69) is 18.8 Å². The molecule has 0 aromatic carbocycles. The highest BCUT2D eigenvalue weighted by Gasteiger charge is 2.15. The van der Waals surface area contributed by atoms with Crippen molar-refractivity contribution in [1.29, 1.82) is 0 Å². The van der Waals surface area contributed by atoms with Crippen LogP contribution in [0, 0.1) is 0 Å². The van der Waals surface area contributed by atoms with Crippen molar-refractivity contribution in [3.05, 3.63) is 12.2 Å². The highest BCUT2D eigenvalue weighted by molar-refractivity contribution is 4.95. The predicted molar refractivity (Wildman–Crippen MR) is 53.2 cm³/mol. The number of hydrogen-bond acceptors (Lipinski definition) is 2. The summed E-state index contributed by atoms with van der Waals surface area (Å²) >= 11 is 0. The van der Waals surface area contributed by atoms with Gasteiger partial charge in [0, 0.05) is 13.1 Å². The van der Waals surface area contributed by atoms with Crippen LogP contribution >= 0.6 is 0 Å². The minimum atomic E-state index is -0.575. The van der Waals surface area contributed by atoms with Gasteiger partial charge in [0.15, 0.2) is 0 Å². The van der Waals surface area contributed by atoms with Crippen molar-refractivity contribution in [1.82, 2.24) is 5.32 Å². The molecule has 0 aliphatic heterocycles. The second-order valence-electron chi connectivity index (χ2n) is 3.56. The zero-order valence-corrected chi connectivity index (χ0v) is 8.48. The van der Waals surface area contributed by atoms with E-state index < -0.39 is 5.60 Å². The van der Waals surface area contributed by atoms with Crippen LogP contribution in [-0.4, -0.2) is 23.8 Å². The number of nitrogens with one attached hydrogen (secondary N) is 1. The van der Waals surface area contributed by atoms with Gasteiger partial charge in [-0.1, -0.05) is 26.0 Å². The summed E-state index contributed by atoms with van der Waals surface area (Å²) in [7, 11) is 0. The van der Waals surface area contributed by atoms with Crippen molar-refractivity contribution < 1.29 is 5.11 Å². The first kappa shape index (κ1) is 11.7. The van der Waals surface area contributed by atoms with Crippen LogP contribution in [0.5, 0.6) is 0 Å². The lowest BCUT2D eigenvalue weighted by Crippen LogP contribution is -2.37. The molecule has 2 nitrogen and oxygen atoms in total. The summed E-state index contributed by atoms with van der Waals surface area (Å²) < 4.78 is 0. The van der Waals surface area contributed by atoms with Crippen LogP contribution < -0.4 is 5.32 Å². The number of hydrogen-bond donors (Lipinski definition) is 2. The summed E-state index contributed by atoms with van der Waals surface area (Å²) in [4.78, 5) is 0. The van der Waals surface area contributed by atoms with Crippen LogP contribution in [0.2, 0.25) is 0 Å². The molecule has 0 amide bonds. The Morgan fingerprint density at radius 2 is 2.08 bits per heavy atom. The van der Waals surface area contributed by atoms with Gasteiger partial charge in [-0.25, -0.2) is 0 Å². The normalized spacial score (nSPS) is 15.7. The minimum Gasteiger partial charge on any atom is -0.389 e. The summed E-state index contributed by atoms with van der Waals surface area (Å²) in [5, 5.41) is 12.8. The average molecular weight is 171 g/mol. The van der Waals surface area contributed by atoms with E-state index in [-0.39, 0.29) is 0 Å². The van der Waals surface area contributed by atoms with Crippen LogP contribution in [0.15, 0.2) is 12.2 Å². The maximum absolute atomic E-state index is 9.62. The van der Waals surface area contributed by atoms with Crippen LogP contribution in [0.4, 0.5) is 0 Å². The lowest BCUT2D eigenvalue weighted by Gasteiger charge is -2.21. The monoisotopic (exact) mass is 171 g/mol. The molecule has 12 heavy (non-hydrogen) atoms. The van der Waals surface area contributed by atoms with Gasteiger partial charge in [-0.2, -0.15) is 0 Å². The molecule has 0 spiro atoms. The highest BCUT2D eigenvalue weighted by Crippen LogP contribution is 2.06. The third-order valence-corrected chi connectivity index (χ3v) is 2.14. The molecule has 0 rings (SSSR count). The fourth-order valence-corrected chi connectivity index (χ4v) is 0.759. The summed E-state index contributed by atoms with van der Waals surface area (Å²) in [6.07, 6.45) is 1.78. The predicted octanol–water partition coefficient (Wildman–Crippen LogP) is 1.70. The summed E-state index contributed by atoms with van der Waals surface area (Å²) in [5.74, 6) is 0. The van der Waals surface area contributed by atoms with Crippen LogP contribution in [0.25, 0.3) is 0 Å². The molecule has 2 heteroatoms. The van der Waals surface area contributed by atoms with Crippen molar-refractivity contribution in [2.75, 3.05) is 13.1 Å². The molecule has 0 bridgehead atoms. The van der Waals surface area contributed by atoms with Crippen LogP contribution in [0.1, 0.15) is 33.6 Å². The molecule has 0 aliphatic rings. The fraction of sp³-hybridized carbons (Fsp3) is 0.800. The van der Waals surface area contributed by atoms with E-state index in [1.807, 2.05) is 13.8 Å². The highest BCUT2D eigenvalue weighted by atomic mass is 16.3. The second-order valence-corrected chi connectivity index (χ2v) is 3.56. The lowest BCUT2D eigenvalue weighted by molar-refractivity contribution is 0.0567. The lowest BCUT2D eigenvalue weighted by atomic mass is 10.0. The standard InChI is InChI=1S/C10H21NO/c1-5-9(3)7-11-8-10(4,12)6-2/h11-12H,3,5-8H2,1-2,4H3. The summed E-state index contributed by atoms with van der Waals surface area (Å²) in [5.41, 5.74) is 0.607. The van der Waals surface area contributed by atoms with Gasteiger partial charge in [0.05, 0.1) is 5.60 Å². The first-order valence-corrected chi connectivity index (χ1v) is 4.61. The molecule has 0 saturated carbocycles. The van der Waals surface area contributed by atoms with Crippen molar-refractivity contribution in [2.45, 2.75) is 39.2 Å². The van der Waals surface area contributed by atoms with E-state index in [1.165, 1.54) is 5.57 Å². The molecule has 1 unspecified atom stereocenters. The second kappa shape index (κ2) is 5.33. The molecule has 0 radical (unpaired) electrons. The maximum Gasteiger partial charge on any atom is 0.0741 e. The molecule has 0 fully saturated rings. The zero-order valence-electron chi connectivity index (χ0n) is 8.48. The molecule has 2 N–H and O–H groups in total. The molecular formula is C10H21NO. The third kappa shape index (κ3) is 5.33. The molecule has 0 aromatic heterocycles. The Kier molecular flexibility index (Phi) is 5.18. The molecular weight excluding hydrogens is 150 g/mol. The van der Waals surface area contributed by atoms with Gasteiger partial charge >= 0.3 is 0 Å². The topological polar surface area (TPSA) is 32.3 Å². The van der Waals surface area contributed by atoms with E-state index >= 15 is 0 Å². The Morgan fingerprint density at radius 1 is 1.50 bits per heavy atom. The molecule has 0 heterocycles. The van der Waals surface area contributed by atoms with E-state index in [4.69, 9.17) is 0 Å². The van der Waals surface area contributed by atoms with Gasteiger partial charge in [0.2, 0.25) is 0 Å². The Morgan fingerprint density at radius 3 is 2.50 bits per heavy atom. The number of aliphatic hydroxyl groups is 1. The minimum absolute atomic E-state index is 0.575. The van der Waals surface area contributed by atoms with Crippen LogP contribution in [0.3, 0.4) is 0 Å². The maximum atomic E-state index is 9.62. The molecule has 72 valence electrons. The summed E-state index contributed by atoms with van der Waals surface area (Å²) in [6.45, 7) is 11.2. The smallest absolute Gasteiger partial charge is 0.0741 e. The Bertz CT molecular complexity index is 141. The molecule has 0 aliphatic carbocycles. The Hall–Kier alpha value is -0.340. The Labute approximate surface area is 75.7 Å². The van der Waals surface area contributed by atoms with Crippen molar-refractivity contribution >= 4 is 0 Å². The zero-order chi connectivity index (χ0) is 9.61. The Balaban J connectivity index is 3.49. The van der Waals surface area contributed by atoms with Crippen molar-refractivity contribution in [3.8, 4) is 0 Å². The van der Waals surface area contributed by atoms with Gasteiger partial charge in [-0.05, 0) is 19.8 Å². The molecule has 1 atom stereocenters. The van der Waals surface area contributed by atoms with Gasteiger partial charge in [0.25, 0.3) is 0 Å². The van der Waals surface area contributed by atoms with E-state index in [0.29, 0.717) is 6.54 Å². The quantitative estimate of drug-likeness (QED) is 0.596. The number of rotatable bonds is 6. The first-order chi connectivity index (χ1) is 5.52. The van der Waals surface area contributed by atoms with Crippen LogP contribution in [-0.2, 0) is 0 Å². The van der Waals surface area contributed by atoms with Gasteiger partial charge in [-0.3, -0.25) is 0 Å². The molecule has 0 saturated heterocycles. The van der Waals surface area contributed by atoms with Gasteiger partial charge in [0.1, 0.15) is 0 Å². The molecule has 0 aromatic rings. The van der Waals surface area contributed by atoms with E-state index in [9.17, 15) is 5.11 Å². The van der Waals surface area contributed by atoms with E-state index in [1.54, 1.807) is 0 Å². The third-order valence-electron chi connectivity index (χ3n) is 2.14. The fourth-order valence-electron chi connectivity index (χ4n) is 0.759. The van der Waals surface area contributed by atoms with E-state index in [0.717, 1.165) is 19.4 Å². The van der Waals surface area contributed by atoms with Crippen molar-refractivity contribution in [2.24, 2.45) is 0 Å². The van der Waals surface area contributed by atoms with Gasteiger partial charge < -0.3 is 10.4 Å². The van der Waals surface area contributed by atoms with Gasteiger partial charge in [-0.15, -0.1) is 0 Å². The summed E-state index contributed by atoms with van der Waals surface area (Å²) in [6, 6.07) is 0. The average Bonchev–Trinajstić information content (AvgIpc) is 2.04. The first-order valence-electron chi connectivity index (χ1n) is 4.61. The largest absolute Gasteiger partial charge is 0.389 e. The SMILES string of the molecule is C=C(CC)CNCC(C)(O)CC.